The van der Waals surface area contributed by atoms with Gasteiger partial charge >= 0.3 is 0 Å². The summed E-state index contributed by atoms with van der Waals surface area (Å²) in [7, 11) is -3.56. The van der Waals surface area contributed by atoms with E-state index in [1.807, 2.05) is 18.7 Å². The highest BCUT2D eigenvalue weighted by Crippen LogP contribution is 2.22. The van der Waals surface area contributed by atoms with Crippen molar-refractivity contribution in [2.45, 2.75) is 44.9 Å². The van der Waals surface area contributed by atoms with Crippen molar-refractivity contribution in [2.75, 3.05) is 51.1 Å². The molecule has 1 aromatic carbocycles. The van der Waals surface area contributed by atoms with Gasteiger partial charge in [-0.05, 0) is 38.8 Å². The smallest absolute Gasteiger partial charge is 0.282 e. The number of anilines is 1. The summed E-state index contributed by atoms with van der Waals surface area (Å²) >= 11 is 0. The Bertz CT molecular complexity index is 965. The summed E-state index contributed by atoms with van der Waals surface area (Å²) < 4.78 is 34.7. The Balaban J connectivity index is 1.29. The molecule has 10 nitrogen and oxygen atoms in total. The molecule has 33 heavy (non-hydrogen) atoms. The maximum atomic E-state index is 13.0. The number of nitrogens with one attached hydrogen (secondary N) is 2. The van der Waals surface area contributed by atoms with E-state index in [4.69, 9.17) is 4.74 Å². The van der Waals surface area contributed by atoms with Crippen LogP contribution in [0, 0.1) is 0 Å². The first kappa shape index (κ1) is 24.1. The molecule has 0 radical (unpaired) electrons. The average molecular weight is 480 g/mol. The number of hydrogen-bond acceptors (Lipinski definition) is 6. The van der Waals surface area contributed by atoms with Gasteiger partial charge in [-0.3, -0.25) is 14.5 Å². The zero-order valence-corrected chi connectivity index (χ0v) is 20.0. The van der Waals surface area contributed by atoms with E-state index in [-0.39, 0.29) is 36.6 Å². The van der Waals surface area contributed by atoms with Crippen molar-refractivity contribution < 1.29 is 22.7 Å². The molecule has 4 rings (SSSR count). The average Bonchev–Trinajstić information content (AvgIpc) is 3.57. The standard InChI is InChI=1S/C22H33N5O5S/c1-16-13-27(14-17(2)32-16)33(30,31)26-11-9-25(10-12-26)15-21(28)24-20-6-4-3-5-19(20)22(29)23-18-7-8-18/h3-6,16-18H,7-15H2,1-2H3,(H,23,29)(H,24,28)/t16-,17+. The van der Waals surface area contributed by atoms with Crippen molar-refractivity contribution in [3.8, 4) is 0 Å². The van der Waals surface area contributed by atoms with E-state index in [1.54, 1.807) is 24.3 Å². The first-order valence-electron chi connectivity index (χ1n) is 11.5. The predicted molar refractivity (Wildman–Crippen MR) is 124 cm³/mol. The molecule has 2 aliphatic heterocycles. The normalized spacial score (nSPS) is 25.5. The van der Waals surface area contributed by atoms with Crippen molar-refractivity contribution in [2.24, 2.45) is 0 Å². The van der Waals surface area contributed by atoms with Gasteiger partial charge in [0.1, 0.15) is 0 Å². The zero-order chi connectivity index (χ0) is 23.6. The molecule has 2 saturated heterocycles. The molecule has 0 bridgehead atoms. The molecule has 0 aromatic heterocycles. The van der Waals surface area contributed by atoms with Crippen LogP contribution in [0.25, 0.3) is 0 Å². The number of carbonyl (C=O) groups excluding carboxylic acids is 2. The number of piperazine rings is 1. The molecule has 182 valence electrons. The second kappa shape index (κ2) is 10.1. The first-order valence-corrected chi connectivity index (χ1v) is 12.9. The van der Waals surface area contributed by atoms with Gasteiger partial charge in [0.05, 0.1) is 30.0 Å². The molecular formula is C22H33N5O5S. The van der Waals surface area contributed by atoms with Gasteiger partial charge in [0.2, 0.25) is 5.91 Å². The lowest BCUT2D eigenvalue weighted by Gasteiger charge is -2.40. The molecule has 2 amide bonds. The molecular weight excluding hydrogens is 446 g/mol. The Morgan fingerprint density at radius 3 is 2.27 bits per heavy atom. The third-order valence-corrected chi connectivity index (χ3v) is 8.06. The van der Waals surface area contributed by atoms with Crippen molar-refractivity contribution in [3.63, 3.8) is 0 Å². The number of benzene rings is 1. The summed E-state index contributed by atoms with van der Waals surface area (Å²) in [5.74, 6) is -0.409. The monoisotopic (exact) mass is 479 g/mol. The fourth-order valence-corrected chi connectivity index (χ4v) is 6.02. The minimum Gasteiger partial charge on any atom is -0.373 e. The summed E-state index contributed by atoms with van der Waals surface area (Å²) in [6, 6.07) is 7.20. The van der Waals surface area contributed by atoms with Crippen LogP contribution in [0.3, 0.4) is 0 Å². The van der Waals surface area contributed by atoms with Gasteiger partial charge in [-0.2, -0.15) is 17.0 Å². The number of ether oxygens (including phenoxy) is 1. The summed E-state index contributed by atoms with van der Waals surface area (Å²) in [6.45, 7) is 6.18. The van der Waals surface area contributed by atoms with Crippen LogP contribution in [0.1, 0.15) is 37.0 Å². The molecule has 3 fully saturated rings. The molecule has 1 aliphatic carbocycles. The quantitative estimate of drug-likeness (QED) is 0.589. The second-order valence-corrected chi connectivity index (χ2v) is 11.0. The topological polar surface area (TPSA) is 111 Å². The Labute approximate surface area is 195 Å². The number of morpholine rings is 1. The summed E-state index contributed by atoms with van der Waals surface area (Å²) in [5.41, 5.74) is 0.931. The fourth-order valence-electron chi connectivity index (χ4n) is 4.27. The second-order valence-electron chi connectivity index (χ2n) is 9.10. The lowest BCUT2D eigenvalue weighted by Crippen LogP contribution is -2.57. The summed E-state index contributed by atoms with van der Waals surface area (Å²) in [6.07, 6.45) is 1.71. The molecule has 0 spiro atoms. The van der Waals surface area contributed by atoms with Gasteiger partial charge in [-0.25, -0.2) is 0 Å². The van der Waals surface area contributed by atoms with E-state index >= 15 is 0 Å². The first-order chi connectivity index (χ1) is 15.7. The van der Waals surface area contributed by atoms with E-state index in [0.29, 0.717) is 50.5 Å². The van der Waals surface area contributed by atoms with E-state index in [2.05, 4.69) is 10.6 Å². The molecule has 1 aromatic rings. The number of carbonyl (C=O) groups is 2. The minimum atomic E-state index is -3.56. The van der Waals surface area contributed by atoms with E-state index in [1.165, 1.54) is 8.61 Å². The number of hydrogen-bond donors (Lipinski definition) is 2. The Morgan fingerprint density at radius 2 is 1.64 bits per heavy atom. The largest absolute Gasteiger partial charge is 0.373 e. The van der Waals surface area contributed by atoms with Gasteiger partial charge in [0.15, 0.2) is 0 Å². The van der Waals surface area contributed by atoms with Crippen LogP contribution in [0.5, 0.6) is 0 Å². The fraction of sp³-hybridized carbons (Fsp3) is 0.636. The van der Waals surface area contributed by atoms with Gasteiger partial charge in [0, 0.05) is 45.3 Å². The van der Waals surface area contributed by atoms with Crippen molar-refractivity contribution in [3.05, 3.63) is 29.8 Å². The predicted octanol–water partition coefficient (Wildman–Crippen LogP) is 0.489. The van der Waals surface area contributed by atoms with Crippen LogP contribution >= 0.6 is 0 Å². The van der Waals surface area contributed by atoms with Crippen LogP contribution in [0.15, 0.2) is 24.3 Å². The Morgan fingerprint density at radius 1 is 1.00 bits per heavy atom. The molecule has 1 saturated carbocycles. The molecule has 2 atom stereocenters. The third-order valence-electron chi connectivity index (χ3n) is 6.10. The van der Waals surface area contributed by atoms with E-state index in [0.717, 1.165) is 12.8 Å². The Kier molecular flexibility index (Phi) is 7.34. The minimum absolute atomic E-state index is 0.136. The molecule has 2 N–H and O–H groups in total. The van der Waals surface area contributed by atoms with Gasteiger partial charge in [0.25, 0.3) is 16.1 Å². The number of nitrogens with zero attached hydrogens (tertiary/aromatic N) is 3. The van der Waals surface area contributed by atoms with Crippen LogP contribution in [-0.2, 0) is 19.7 Å². The number of rotatable bonds is 7. The highest BCUT2D eigenvalue weighted by atomic mass is 32.2. The van der Waals surface area contributed by atoms with Gasteiger partial charge in [-0.15, -0.1) is 0 Å². The number of amides is 2. The number of para-hydroxylation sites is 1. The van der Waals surface area contributed by atoms with Crippen molar-refractivity contribution in [1.82, 2.24) is 18.8 Å². The highest BCUT2D eigenvalue weighted by molar-refractivity contribution is 7.86. The molecule has 0 unspecified atom stereocenters. The van der Waals surface area contributed by atoms with Gasteiger partial charge in [-0.1, -0.05) is 12.1 Å². The maximum absolute atomic E-state index is 13.0. The van der Waals surface area contributed by atoms with Gasteiger partial charge < -0.3 is 15.4 Å². The lowest BCUT2D eigenvalue weighted by atomic mass is 10.1. The van der Waals surface area contributed by atoms with Crippen LogP contribution in [0.2, 0.25) is 0 Å². The van der Waals surface area contributed by atoms with Crippen LogP contribution < -0.4 is 10.6 Å². The van der Waals surface area contributed by atoms with Crippen LogP contribution in [-0.4, -0.2) is 97.8 Å². The van der Waals surface area contributed by atoms with Crippen molar-refractivity contribution in [1.29, 1.82) is 0 Å². The van der Waals surface area contributed by atoms with E-state index < -0.39 is 10.2 Å². The third kappa shape index (κ3) is 6.10. The molecule has 3 aliphatic rings. The zero-order valence-electron chi connectivity index (χ0n) is 19.2. The van der Waals surface area contributed by atoms with Crippen molar-refractivity contribution >= 4 is 27.7 Å². The summed E-state index contributed by atoms with van der Waals surface area (Å²) in [5, 5.41) is 5.78. The molecule has 2 heterocycles. The maximum Gasteiger partial charge on any atom is 0.282 e. The van der Waals surface area contributed by atoms with E-state index in [9.17, 15) is 18.0 Å². The lowest BCUT2D eigenvalue weighted by molar-refractivity contribution is -0.117. The SMILES string of the molecule is C[C@@H]1CN(S(=O)(=O)N2CCN(CC(=O)Nc3ccccc3C(=O)NC3CC3)CC2)C[C@H](C)O1. The van der Waals surface area contributed by atoms with Crippen LogP contribution in [0.4, 0.5) is 5.69 Å². The summed E-state index contributed by atoms with van der Waals surface area (Å²) in [4.78, 5) is 27.0. The highest BCUT2D eigenvalue weighted by Gasteiger charge is 2.37. The Hall–Kier alpha value is -2.05. The molecule has 11 heteroatoms.